The Morgan fingerprint density at radius 3 is 3.20 bits per heavy atom. The highest BCUT2D eigenvalue weighted by Crippen LogP contribution is 2.24. The standard InChI is InChI=1S/C16H22N4/c1-12-4-5-15-14(9-12)16(18-17-15)11-19-7-8-20-6-2-3-13(20)10-19/h4-5,9,13H,2-3,6-8,10-11H2,1H3,(H,17,18). The largest absolute Gasteiger partial charge is 0.298 e. The number of fused-ring (bicyclic) bond motifs is 2. The minimum Gasteiger partial charge on any atom is -0.298 e. The van der Waals surface area contributed by atoms with Gasteiger partial charge in [-0.15, -0.1) is 0 Å². The molecule has 1 N–H and O–H groups in total. The quantitative estimate of drug-likeness (QED) is 0.908. The molecule has 0 radical (unpaired) electrons. The second kappa shape index (κ2) is 4.86. The number of hydrogen-bond donors (Lipinski definition) is 1. The second-order valence-corrected chi connectivity index (χ2v) is 6.29. The van der Waals surface area contributed by atoms with Crippen molar-refractivity contribution >= 4 is 10.9 Å². The molecule has 0 saturated carbocycles. The van der Waals surface area contributed by atoms with Crippen LogP contribution in [0.15, 0.2) is 18.2 Å². The van der Waals surface area contributed by atoms with Gasteiger partial charge >= 0.3 is 0 Å². The van der Waals surface area contributed by atoms with Crippen LogP contribution in [-0.2, 0) is 6.54 Å². The van der Waals surface area contributed by atoms with E-state index in [-0.39, 0.29) is 0 Å². The third kappa shape index (κ3) is 2.13. The first-order chi connectivity index (χ1) is 9.79. The molecular formula is C16H22N4. The van der Waals surface area contributed by atoms with E-state index in [1.165, 1.54) is 55.7 Å². The van der Waals surface area contributed by atoms with Crippen molar-refractivity contribution in [2.45, 2.75) is 32.4 Å². The molecule has 0 amide bonds. The molecule has 4 heteroatoms. The van der Waals surface area contributed by atoms with Crippen LogP contribution in [0.3, 0.4) is 0 Å². The molecule has 4 rings (SSSR count). The lowest BCUT2D eigenvalue weighted by Crippen LogP contribution is -2.49. The number of aryl methyl sites for hydroxylation is 1. The summed E-state index contributed by atoms with van der Waals surface area (Å²) in [7, 11) is 0. The molecule has 0 bridgehead atoms. The molecule has 0 spiro atoms. The van der Waals surface area contributed by atoms with Crippen LogP contribution < -0.4 is 0 Å². The zero-order valence-electron chi connectivity index (χ0n) is 12.1. The van der Waals surface area contributed by atoms with Gasteiger partial charge in [0.15, 0.2) is 0 Å². The molecule has 106 valence electrons. The number of hydrogen-bond acceptors (Lipinski definition) is 3. The maximum atomic E-state index is 4.43. The van der Waals surface area contributed by atoms with Gasteiger partial charge in [0.25, 0.3) is 0 Å². The number of piperazine rings is 1. The summed E-state index contributed by atoms with van der Waals surface area (Å²) in [5.74, 6) is 0. The van der Waals surface area contributed by atoms with Crippen molar-refractivity contribution in [1.82, 2.24) is 20.0 Å². The predicted molar refractivity (Wildman–Crippen MR) is 80.7 cm³/mol. The highest BCUT2D eigenvalue weighted by Gasteiger charge is 2.30. The Hall–Kier alpha value is -1.39. The van der Waals surface area contributed by atoms with E-state index in [4.69, 9.17) is 0 Å². The smallest absolute Gasteiger partial charge is 0.0924 e. The van der Waals surface area contributed by atoms with E-state index in [1.54, 1.807) is 0 Å². The summed E-state index contributed by atoms with van der Waals surface area (Å²) in [6.07, 6.45) is 2.75. The Balaban J connectivity index is 1.54. The molecule has 2 aliphatic heterocycles. The SMILES string of the molecule is Cc1ccc2n[nH]c(CN3CCN4CCCC4C3)c2c1. The molecule has 2 fully saturated rings. The van der Waals surface area contributed by atoms with Crippen LogP contribution in [0.4, 0.5) is 0 Å². The fourth-order valence-corrected chi connectivity index (χ4v) is 3.72. The van der Waals surface area contributed by atoms with E-state index in [1.807, 2.05) is 0 Å². The zero-order chi connectivity index (χ0) is 13.5. The van der Waals surface area contributed by atoms with Crippen LogP contribution in [0.25, 0.3) is 10.9 Å². The topological polar surface area (TPSA) is 35.2 Å². The van der Waals surface area contributed by atoms with Gasteiger partial charge in [-0.05, 0) is 38.4 Å². The normalized spacial score (nSPS) is 24.4. The molecule has 1 unspecified atom stereocenters. The Bertz CT molecular complexity index is 618. The van der Waals surface area contributed by atoms with E-state index in [2.05, 4.69) is 45.1 Å². The number of aromatic nitrogens is 2. The maximum absolute atomic E-state index is 4.43. The van der Waals surface area contributed by atoms with Crippen molar-refractivity contribution in [2.75, 3.05) is 26.2 Å². The Morgan fingerprint density at radius 2 is 2.25 bits per heavy atom. The summed E-state index contributed by atoms with van der Waals surface area (Å²) >= 11 is 0. The van der Waals surface area contributed by atoms with Crippen LogP contribution in [-0.4, -0.2) is 52.2 Å². The van der Waals surface area contributed by atoms with Gasteiger partial charge in [0.2, 0.25) is 0 Å². The Morgan fingerprint density at radius 1 is 1.30 bits per heavy atom. The summed E-state index contributed by atoms with van der Waals surface area (Å²) in [5, 5.41) is 8.96. The Labute approximate surface area is 119 Å². The molecule has 2 saturated heterocycles. The van der Waals surface area contributed by atoms with Crippen molar-refractivity contribution in [3.8, 4) is 0 Å². The van der Waals surface area contributed by atoms with Gasteiger partial charge in [0.1, 0.15) is 0 Å². The van der Waals surface area contributed by atoms with Crippen molar-refractivity contribution < 1.29 is 0 Å². The number of H-pyrrole nitrogens is 1. The van der Waals surface area contributed by atoms with Crippen LogP contribution in [0.5, 0.6) is 0 Å². The summed E-state index contributed by atoms with van der Waals surface area (Å²) in [5.41, 5.74) is 3.67. The van der Waals surface area contributed by atoms with Crippen molar-refractivity contribution in [3.05, 3.63) is 29.5 Å². The first-order valence-corrected chi connectivity index (χ1v) is 7.69. The zero-order valence-corrected chi connectivity index (χ0v) is 12.1. The van der Waals surface area contributed by atoms with Crippen LogP contribution in [0, 0.1) is 6.92 Å². The van der Waals surface area contributed by atoms with Crippen LogP contribution in [0.2, 0.25) is 0 Å². The van der Waals surface area contributed by atoms with E-state index in [9.17, 15) is 0 Å². The lowest BCUT2D eigenvalue weighted by atomic mass is 10.1. The highest BCUT2D eigenvalue weighted by molar-refractivity contribution is 5.81. The van der Waals surface area contributed by atoms with E-state index in [0.717, 1.165) is 18.1 Å². The van der Waals surface area contributed by atoms with E-state index < -0.39 is 0 Å². The van der Waals surface area contributed by atoms with Gasteiger partial charge in [-0.3, -0.25) is 14.9 Å². The third-order valence-electron chi connectivity index (χ3n) is 4.84. The molecule has 2 aliphatic rings. The first-order valence-electron chi connectivity index (χ1n) is 7.69. The summed E-state index contributed by atoms with van der Waals surface area (Å²) in [6.45, 7) is 8.09. The fraction of sp³-hybridized carbons (Fsp3) is 0.562. The molecule has 20 heavy (non-hydrogen) atoms. The van der Waals surface area contributed by atoms with Gasteiger partial charge < -0.3 is 0 Å². The van der Waals surface area contributed by atoms with Crippen LogP contribution in [0.1, 0.15) is 24.1 Å². The van der Waals surface area contributed by atoms with Crippen molar-refractivity contribution in [2.24, 2.45) is 0 Å². The molecule has 3 heterocycles. The molecule has 2 aromatic rings. The van der Waals surface area contributed by atoms with Crippen molar-refractivity contribution in [3.63, 3.8) is 0 Å². The van der Waals surface area contributed by atoms with E-state index in [0.29, 0.717) is 0 Å². The number of aromatic amines is 1. The summed E-state index contributed by atoms with van der Waals surface area (Å²) in [6, 6.07) is 7.28. The number of benzene rings is 1. The molecule has 1 atom stereocenters. The minimum atomic E-state index is 0.791. The van der Waals surface area contributed by atoms with E-state index >= 15 is 0 Å². The summed E-state index contributed by atoms with van der Waals surface area (Å²) < 4.78 is 0. The second-order valence-electron chi connectivity index (χ2n) is 6.29. The van der Waals surface area contributed by atoms with Crippen LogP contribution >= 0.6 is 0 Å². The fourth-order valence-electron chi connectivity index (χ4n) is 3.72. The predicted octanol–water partition coefficient (Wildman–Crippen LogP) is 2.15. The monoisotopic (exact) mass is 270 g/mol. The third-order valence-corrected chi connectivity index (χ3v) is 4.84. The number of rotatable bonds is 2. The average molecular weight is 270 g/mol. The molecule has 0 aliphatic carbocycles. The highest BCUT2D eigenvalue weighted by atomic mass is 15.3. The minimum absolute atomic E-state index is 0.791. The molecular weight excluding hydrogens is 248 g/mol. The number of nitrogens with one attached hydrogen (secondary N) is 1. The lowest BCUT2D eigenvalue weighted by molar-refractivity contribution is 0.0987. The molecule has 1 aromatic carbocycles. The maximum Gasteiger partial charge on any atom is 0.0924 e. The van der Waals surface area contributed by atoms with Gasteiger partial charge in [0.05, 0.1) is 11.2 Å². The van der Waals surface area contributed by atoms with Gasteiger partial charge in [0, 0.05) is 37.6 Å². The molecule has 4 nitrogen and oxygen atoms in total. The van der Waals surface area contributed by atoms with Gasteiger partial charge in [-0.1, -0.05) is 11.6 Å². The van der Waals surface area contributed by atoms with Gasteiger partial charge in [-0.2, -0.15) is 5.10 Å². The lowest BCUT2D eigenvalue weighted by Gasteiger charge is -2.37. The Kier molecular flexibility index (Phi) is 3.00. The number of nitrogens with zero attached hydrogens (tertiary/aromatic N) is 3. The summed E-state index contributed by atoms with van der Waals surface area (Å²) in [4.78, 5) is 5.24. The molecule has 1 aromatic heterocycles. The van der Waals surface area contributed by atoms with Crippen molar-refractivity contribution in [1.29, 1.82) is 0 Å². The first kappa shape index (κ1) is 12.4. The van der Waals surface area contributed by atoms with Gasteiger partial charge in [-0.25, -0.2) is 0 Å². The average Bonchev–Trinajstić information content (AvgIpc) is 3.05.